The summed E-state index contributed by atoms with van der Waals surface area (Å²) in [7, 11) is 5.67. The van der Waals surface area contributed by atoms with Gasteiger partial charge in [-0.25, -0.2) is 0 Å². The lowest BCUT2D eigenvalue weighted by Crippen LogP contribution is -2.12. The first-order valence-corrected chi connectivity index (χ1v) is 7.34. The normalized spacial score (nSPS) is 13.2. The lowest BCUT2D eigenvalue weighted by molar-refractivity contribution is 0.237. The zero-order chi connectivity index (χ0) is 15.9. The monoisotopic (exact) mass is 297 g/mol. The molecule has 0 heterocycles. The number of hydrogen-bond donors (Lipinski definition) is 1. The molecular formula is C19H23NO2. The molecule has 0 spiro atoms. The number of aliphatic hydroxyl groups excluding tert-OH is 1. The van der Waals surface area contributed by atoms with E-state index >= 15 is 0 Å². The van der Waals surface area contributed by atoms with Gasteiger partial charge in [-0.2, -0.15) is 0 Å². The highest BCUT2D eigenvalue weighted by molar-refractivity contribution is 5.71. The summed E-state index contributed by atoms with van der Waals surface area (Å²) in [6.07, 6.45) is 1.40. The largest absolute Gasteiger partial charge is 0.497 e. The van der Waals surface area contributed by atoms with Gasteiger partial charge in [-0.15, -0.1) is 0 Å². The van der Waals surface area contributed by atoms with Gasteiger partial charge in [0.15, 0.2) is 0 Å². The van der Waals surface area contributed by atoms with Crippen LogP contribution in [-0.2, 0) is 0 Å². The molecule has 0 saturated carbocycles. The first-order valence-electron chi connectivity index (χ1n) is 7.34. The molecule has 0 saturated heterocycles. The van der Waals surface area contributed by atoms with Gasteiger partial charge in [0.2, 0.25) is 0 Å². The van der Waals surface area contributed by atoms with Crippen LogP contribution < -0.4 is 4.74 Å². The molecule has 0 aliphatic carbocycles. The standard InChI is InChI=1S/C19H23NO2/c1-20(2)13-12-18(16-10-7-11-17(14-16)22-3)19(21)15-8-5-4-6-9-15/h4-12,14,19,21H,13H2,1-3H3/b18-12+. The zero-order valence-corrected chi connectivity index (χ0v) is 13.4. The molecule has 0 aliphatic rings. The van der Waals surface area contributed by atoms with Crippen LogP contribution >= 0.6 is 0 Å². The summed E-state index contributed by atoms with van der Waals surface area (Å²) in [6, 6.07) is 17.5. The molecule has 3 nitrogen and oxygen atoms in total. The molecule has 1 unspecified atom stereocenters. The Morgan fingerprint density at radius 1 is 1.14 bits per heavy atom. The third-order valence-electron chi connectivity index (χ3n) is 3.49. The van der Waals surface area contributed by atoms with Crippen molar-refractivity contribution >= 4 is 5.57 Å². The number of ether oxygens (including phenoxy) is 1. The van der Waals surface area contributed by atoms with E-state index in [1.807, 2.05) is 68.7 Å². The summed E-state index contributed by atoms with van der Waals surface area (Å²) in [6.45, 7) is 0.760. The second kappa shape index (κ2) is 7.78. The highest BCUT2D eigenvalue weighted by Crippen LogP contribution is 2.31. The van der Waals surface area contributed by atoms with Gasteiger partial charge in [-0.05, 0) is 42.9 Å². The van der Waals surface area contributed by atoms with Gasteiger partial charge < -0.3 is 14.7 Å². The van der Waals surface area contributed by atoms with Crippen molar-refractivity contribution in [1.29, 1.82) is 0 Å². The molecule has 2 aromatic carbocycles. The number of aliphatic hydroxyl groups is 1. The predicted octanol–water partition coefficient (Wildman–Crippen LogP) is 3.37. The van der Waals surface area contributed by atoms with Crippen molar-refractivity contribution in [3.05, 3.63) is 71.8 Å². The Kier molecular flexibility index (Phi) is 5.75. The molecule has 3 heteroatoms. The van der Waals surface area contributed by atoms with E-state index in [2.05, 4.69) is 11.0 Å². The first kappa shape index (κ1) is 16.3. The molecule has 0 aromatic heterocycles. The van der Waals surface area contributed by atoms with E-state index < -0.39 is 6.10 Å². The van der Waals surface area contributed by atoms with Crippen LogP contribution in [0.25, 0.3) is 5.57 Å². The summed E-state index contributed by atoms with van der Waals surface area (Å²) >= 11 is 0. The third-order valence-corrected chi connectivity index (χ3v) is 3.49. The van der Waals surface area contributed by atoms with Gasteiger partial charge in [0.25, 0.3) is 0 Å². The molecule has 1 atom stereocenters. The fourth-order valence-corrected chi connectivity index (χ4v) is 2.29. The van der Waals surface area contributed by atoms with E-state index in [0.29, 0.717) is 0 Å². The van der Waals surface area contributed by atoms with Gasteiger partial charge in [-0.3, -0.25) is 0 Å². The fraction of sp³-hybridized carbons (Fsp3) is 0.263. The van der Waals surface area contributed by atoms with Crippen LogP contribution in [0.1, 0.15) is 17.2 Å². The van der Waals surface area contributed by atoms with Crippen LogP contribution in [-0.4, -0.2) is 37.8 Å². The van der Waals surface area contributed by atoms with Crippen molar-refractivity contribution in [1.82, 2.24) is 4.90 Å². The molecule has 0 fully saturated rings. The van der Waals surface area contributed by atoms with Crippen LogP contribution in [0, 0.1) is 0 Å². The number of hydrogen-bond acceptors (Lipinski definition) is 3. The van der Waals surface area contributed by atoms with Crippen molar-refractivity contribution in [2.75, 3.05) is 27.7 Å². The lowest BCUT2D eigenvalue weighted by Gasteiger charge is -2.18. The van der Waals surface area contributed by atoms with Crippen molar-refractivity contribution in [3.63, 3.8) is 0 Å². The number of benzene rings is 2. The van der Waals surface area contributed by atoms with Gasteiger partial charge in [0.1, 0.15) is 11.9 Å². The Labute approximate surface area is 132 Å². The molecule has 1 N–H and O–H groups in total. The molecule has 0 aliphatic heterocycles. The second-order valence-corrected chi connectivity index (χ2v) is 5.47. The zero-order valence-electron chi connectivity index (χ0n) is 13.4. The minimum atomic E-state index is -0.659. The molecular weight excluding hydrogens is 274 g/mol. The Hall–Kier alpha value is -2.10. The fourth-order valence-electron chi connectivity index (χ4n) is 2.29. The minimum absolute atomic E-state index is 0.659. The average Bonchev–Trinajstić information content (AvgIpc) is 2.55. The van der Waals surface area contributed by atoms with Crippen molar-refractivity contribution in [2.24, 2.45) is 0 Å². The third kappa shape index (κ3) is 4.20. The maximum Gasteiger partial charge on any atom is 0.119 e. The summed E-state index contributed by atoms with van der Waals surface area (Å²) in [5, 5.41) is 10.8. The summed E-state index contributed by atoms with van der Waals surface area (Å²) in [4.78, 5) is 2.07. The lowest BCUT2D eigenvalue weighted by atomic mass is 9.94. The van der Waals surface area contributed by atoms with E-state index in [0.717, 1.165) is 29.0 Å². The minimum Gasteiger partial charge on any atom is -0.497 e. The van der Waals surface area contributed by atoms with E-state index in [9.17, 15) is 5.11 Å². The van der Waals surface area contributed by atoms with E-state index in [1.54, 1.807) is 7.11 Å². The van der Waals surface area contributed by atoms with Crippen molar-refractivity contribution < 1.29 is 9.84 Å². The predicted molar refractivity (Wildman–Crippen MR) is 90.9 cm³/mol. The van der Waals surface area contributed by atoms with Gasteiger partial charge in [0.05, 0.1) is 7.11 Å². The Bertz CT molecular complexity index is 620. The molecule has 0 radical (unpaired) electrons. The molecule has 0 bridgehead atoms. The molecule has 2 rings (SSSR count). The van der Waals surface area contributed by atoms with Crippen molar-refractivity contribution in [3.8, 4) is 5.75 Å². The Morgan fingerprint density at radius 2 is 1.86 bits per heavy atom. The SMILES string of the molecule is COc1cccc(/C(=C\CN(C)C)C(O)c2ccccc2)c1. The summed E-state index contributed by atoms with van der Waals surface area (Å²) in [5.41, 5.74) is 2.74. The van der Waals surface area contributed by atoms with Gasteiger partial charge in [0, 0.05) is 6.54 Å². The quantitative estimate of drug-likeness (QED) is 0.887. The maximum absolute atomic E-state index is 10.8. The number of nitrogens with zero attached hydrogens (tertiary/aromatic N) is 1. The molecule has 22 heavy (non-hydrogen) atoms. The Balaban J connectivity index is 2.40. The summed E-state index contributed by atoms with van der Waals surface area (Å²) in [5.74, 6) is 0.786. The van der Waals surface area contributed by atoms with E-state index in [1.165, 1.54) is 0 Å². The van der Waals surface area contributed by atoms with E-state index in [4.69, 9.17) is 4.74 Å². The number of likely N-dealkylation sites (N-methyl/N-ethyl adjacent to an activating group) is 1. The average molecular weight is 297 g/mol. The smallest absolute Gasteiger partial charge is 0.119 e. The Morgan fingerprint density at radius 3 is 2.50 bits per heavy atom. The topological polar surface area (TPSA) is 32.7 Å². The summed E-state index contributed by atoms with van der Waals surface area (Å²) < 4.78 is 5.30. The first-order chi connectivity index (χ1) is 10.6. The molecule has 2 aromatic rings. The van der Waals surface area contributed by atoms with E-state index in [-0.39, 0.29) is 0 Å². The molecule has 0 amide bonds. The van der Waals surface area contributed by atoms with Gasteiger partial charge >= 0.3 is 0 Å². The highest BCUT2D eigenvalue weighted by Gasteiger charge is 2.15. The van der Waals surface area contributed by atoms with Crippen LogP contribution in [0.4, 0.5) is 0 Å². The maximum atomic E-state index is 10.8. The second-order valence-electron chi connectivity index (χ2n) is 5.47. The number of methoxy groups -OCH3 is 1. The van der Waals surface area contributed by atoms with Gasteiger partial charge in [-0.1, -0.05) is 48.5 Å². The van der Waals surface area contributed by atoms with Crippen LogP contribution in [0.3, 0.4) is 0 Å². The van der Waals surface area contributed by atoms with Crippen LogP contribution in [0.5, 0.6) is 5.75 Å². The number of rotatable bonds is 6. The van der Waals surface area contributed by atoms with Crippen molar-refractivity contribution in [2.45, 2.75) is 6.10 Å². The highest BCUT2D eigenvalue weighted by atomic mass is 16.5. The molecule has 116 valence electrons. The van der Waals surface area contributed by atoms with Crippen LogP contribution in [0.15, 0.2) is 60.7 Å². The van der Waals surface area contributed by atoms with Crippen LogP contribution in [0.2, 0.25) is 0 Å².